The van der Waals surface area contributed by atoms with Gasteiger partial charge in [0.15, 0.2) is 0 Å². The molecule has 1 amide bonds. The van der Waals surface area contributed by atoms with Gasteiger partial charge in [0.2, 0.25) is 5.95 Å². The summed E-state index contributed by atoms with van der Waals surface area (Å²) in [4.78, 5) is 39.2. The maximum Gasteiger partial charge on any atom is 0.410 e. The van der Waals surface area contributed by atoms with Crippen LogP contribution in [0.15, 0.2) is 59.1 Å². The molecular formula is C22H27N7O3. The van der Waals surface area contributed by atoms with Gasteiger partial charge in [-0.15, -0.1) is 0 Å². The number of carbonyl (C=O) groups is 1. The summed E-state index contributed by atoms with van der Waals surface area (Å²) in [5.41, 5.74) is 6.84. The summed E-state index contributed by atoms with van der Waals surface area (Å²) < 4.78 is 6.85. The molecule has 1 aliphatic heterocycles. The van der Waals surface area contributed by atoms with Crippen molar-refractivity contribution in [2.75, 3.05) is 18.4 Å². The second-order valence-corrected chi connectivity index (χ2v) is 7.27. The minimum Gasteiger partial charge on any atom is -0.445 e. The van der Waals surface area contributed by atoms with Gasteiger partial charge in [-0.1, -0.05) is 12.7 Å². The highest BCUT2D eigenvalue weighted by molar-refractivity contribution is 5.71. The van der Waals surface area contributed by atoms with Crippen LogP contribution in [0.4, 0.5) is 10.7 Å². The summed E-state index contributed by atoms with van der Waals surface area (Å²) in [7, 11) is 1.63. The number of nitrogens with zero attached hydrogens (tertiary/aromatic N) is 5. The number of amides is 1. The molecule has 0 radical (unpaired) electrons. The molecule has 10 nitrogen and oxygen atoms in total. The number of aromatic nitrogens is 3. The van der Waals surface area contributed by atoms with Crippen molar-refractivity contribution in [3.8, 4) is 0 Å². The van der Waals surface area contributed by atoms with Gasteiger partial charge in [0.25, 0.3) is 5.56 Å². The van der Waals surface area contributed by atoms with Crippen molar-refractivity contribution >= 4 is 24.1 Å². The third-order valence-electron chi connectivity index (χ3n) is 5.01. The number of piperidine rings is 1. The van der Waals surface area contributed by atoms with Crippen molar-refractivity contribution in [2.45, 2.75) is 25.5 Å². The van der Waals surface area contributed by atoms with E-state index in [2.05, 4.69) is 26.9 Å². The normalized spacial score (nSPS) is 16.7. The third-order valence-corrected chi connectivity index (χ3v) is 5.01. The number of allylic oxidation sites excluding steroid dienone is 2. The number of pyridine rings is 1. The molecule has 1 atom stereocenters. The first-order valence-corrected chi connectivity index (χ1v) is 10.2. The number of carbonyl (C=O) groups excluding carboxylic acids is 1. The average Bonchev–Trinajstić information content (AvgIpc) is 2.81. The Bertz CT molecular complexity index is 1060. The van der Waals surface area contributed by atoms with E-state index < -0.39 is 0 Å². The Kier molecular flexibility index (Phi) is 7.74. The summed E-state index contributed by atoms with van der Waals surface area (Å²) >= 11 is 0. The second kappa shape index (κ2) is 10.9. The number of hydrogen-bond donors (Lipinski definition) is 2. The van der Waals surface area contributed by atoms with Gasteiger partial charge in [-0.05, 0) is 36.6 Å². The Morgan fingerprint density at radius 1 is 1.44 bits per heavy atom. The zero-order chi connectivity index (χ0) is 22.9. The molecule has 168 valence electrons. The lowest BCUT2D eigenvalue weighted by atomic mass is 10.1. The number of nitrogens with two attached hydrogens (primary N) is 1. The number of nitrogens with one attached hydrogen (secondary N) is 1. The minimum absolute atomic E-state index is 0.0876. The molecule has 32 heavy (non-hydrogen) atoms. The van der Waals surface area contributed by atoms with Crippen LogP contribution >= 0.6 is 0 Å². The molecule has 1 saturated heterocycles. The number of hydrogen-bond acceptors (Lipinski definition) is 7. The standard InChI is InChI=1S/C22H27N7O3/c1-3-5-18(25-15-23)19-12-20(30)28(2)21(27-19)26-17-6-4-11-29(13-17)22(31)32-14-16-7-9-24-10-8-16/h3,5,7-10,12,15,17H,1,4,6,11,13-14H2,2H3,(H2,23,25)(H,26,27)/b18-5-/t17-/m1/s1. The van der Waals surface area contributed by atoms with E-state index in [1.54, 1.807) is 48.6 Å². The Labute approximate surface area is 186 Å². The number of aliphatic imine (C=N–C) groups is 1. The molecule has 3 heterocycles. The van der Waals surface area contributed by atoms with Gasteiger partial charge in [0, 0.05) is 44.6 Å². The summed E-state index contributed by atoms with van der Waals surface area (Å²) in [6.07, 6.45) is 8.87. The molecule has 2 aromatic rings. The zero-order valence-corrected chi connectivity index (χ0v) is 18.0. The van der Waals surface area contributed by atoms with E-state index in [1.807, 2.05) is 0 Å². The van der Waals surface area contributed by atoms with Gasteiger partial charge in [-0.3, -0.25) is 14.3 Å². The predicted octanol–water partition coefficient (Wildman–Crippen LogP) is 1.90. The summed E-state index contributed by atoms with van der Waals surface area (Å²) in [6.45, 7) is 4.89. The molecule has 1 fully saturated rings. The Hall–Kier alpha value is -3.95. The molecular weight excluding hydrogens is 410 g/mol. The third kappa shape index (κ3) is 5.81. The average molecular weight is 438 g/mol. The highest BCUT2D eigenvalue weighted by atomic mass is 16.6. The fourth-order valence-electron chi connectivity index (χ4n) is 3.35. The van der Waals surface area contributed by atoms with Gasteiger partial charge in [-0.25, -0.2) is 14.8 Å². The number of anilines is 1. The Morgan fingerprint density at radius 2 is 2.22 bits per heavy atom. The van der Waals surface area contributed by atoms with Crippen molar-refractivity contribution in [1.82, 2.24) is 19.4 Å². The van der Waals surface area contributed by atoms with Crippen molar-refractivity contribution < 1.29 is 9.53 Å². The monoisotopic (exact) mass is 437 g/mol. The topological polar surface area (TPSA) is 128 Å². The van der Waals surface area contributed by atoms with E-state index in [0.717, 1.165) is 24.7 Å². The zero-order valence-electron chi connectivity index (χ0n) is 18.0. The van der Waals surface area contributed by atoms with E-state index in [0.29, 0.717) is 30.4 Å². The van der Waals surface area contributed by atoms with Crippen molar-refractivity contribution in [3.05, 3.63) is 70.9 Å². The lowest BCUT2D eigenvalue weighted by Crippen LogP contribution is -2.46. The van der Waals surface area contributed by atoms with Crippen molar-refractivity contribution in [2.24, 2.45) is 17.8 Å². The molecule has 1 aliphatic rings. The first-order chi connectivity index (χ1) is 15.5. The van der Waals surface area contributed by atoms with Crippen LogP contribution in [0.3, 0.4) is 0 Å². The van der Waals surface area contributed by atoms with E-state index in [9.17, 15) is 9.59 Å². The van der Waals surface area contributed by atoms with Crippen LogP contribution in [-0.2, 0) is 18.4 Å². The lowest BCUT2D eigenvalue weighted by molar-refractivity contribution is 0.0874. The summed E-state index contributed by atoms with van der Waals surface area (Å²) in [5, 5.41) is 3.29. The van der Waals surface area contributed by atoms with Gasteiger partial charge in [0.1, 0.15) is 6.61 Å². The number of likely N-dealkylation sites (tertiary alicyclic amines) is 1. The fourth-order valence-corrected chi connectivity index (χ4v) is 3.35. The van der Waals surface area contributed by atoms with E-state index >= 15 is 0 Å². The first-order valence-electron chi connectivity index (χ1n) is 10.2. The quantitative estimate of drug-likeness (QED) is 0.385. The molecule has 2 aromatic heterocycles. The molecule has 10 heteroatoms. The molecule has 0 spiro atoms. The SMILES string of the molecule is C=C/C=C(\N=CN)c1cc(=O)n(C)c(N[C@@H]2CCCN(C(=O)OCc3ccncc3)C2)n1. The smallest absolute Gasteiger partial charge is 0.410 e. The Morgan fingerprint density at radius 3 is 2.94 bits per heavy atom. The van der Waals surface area contributed by atoms with E-state index in [4.69, 9.17) is 10.5 Å². The Balaban J connectivity index is 1.70. The molecule has 3 N–H and O–H groups in total. The summed E-state index contributed by atoms with van der Waals surface area (Å²) in [6, 6.07) is 4.90. The molecule has 0 unspecified atom stereocenters. The van der Waals surface area contributed by atoms with Crippen molar-refractivity contribution in [3.63, 3.8) is 0 Å². The fraction of sp³-hybridized carbons (Fsp3) is 0.318. The lowest BCUT2D eigenvalue weighted by Gasteiger charge is -2.33. The second-order valence-electron chi connectivity index (χ2n) is 7.27. The van der Waals surface area contributed by atoms with Gasteiger partial charge in [-0.2, -0.15) is 0 Å². The van der Waals surface area contributed by atoms with E-state index in [-0.39, 0.29) is 24.3 Å². The highest BCUT2D eigenvalue weighted by Crippen LogP contribution is 2.18. The maximum atomic E-state index is 12.5. The van der Waals surface area contributed by atoms with E-state index in [1.165, 1.54) is 10.6 Å². The van der Waals surface area contributed by atoms with Crippen LogP contribution in [0.25, 0.3) is 5.70 Å². The van der Waals surface area contributed by atoms with Crippen LogP contribution < -0.4 is 16.6 Å². The largest absolute Gasteiger partial charge is 0.445 e. The molecule has 0 aliphatic carbocycles. The molecule has 0 saturated carbocycles. The van der Waals surface area contributed by atoms with Gasteiger partial charge < -0.3 is 20.7 Å². The van der Waals surface area contributed by atoms with Crippen LogP contribution in [0.2, 0.25) is 0 Å². The molecule has 3 rings (SSSR count). The number of ether oxygens (including phenoxy) is 1. The van der Waals surface area contributed by atoms with Crippen LogP contribution in [0.1, 0.15) is 24.1 Å². The predicted molar refractivity (Wildman–Crippen MR) is 123 cm³/mol. The van der Waals surface area contributed by atoms with Crippen molar-refractivity contribution in [1.29, 1.82) is 0 Å². The van der Waals surface area contributed by atoms with Gasteiger partial charge >= 0.3 is 6.09 Å². The first kappa shape index (κ1) is 22.7. The summed E-state index contributed by atoms with van der Waals surface area (Å²) in [5.74, 6) is 0.381. The van der Waals surface area contributed by atoms with Gasteiger partial charge in [0.05, 0.1) is 17.7 Å². The maximum absolute atomic E-state index is 12.5. The number of rotatable bonds is 7. The van der Waals surface area contributed by atoms with Crippen LogP contribution in [-0.4, -0.2) is 51.0 Å². The van der Waals surface area contributed by atoms with Crippen LogP contribution in [0.5, 0.6) is 0 Å². The van der Waals surface area contributed by atoms with Crippen LogP contribution in [0, 0.1) is 0 Å². The minimum atomic E-state index is -0.377. The molecule has 0 bridgehead atoms. The highest BCUT2D eigenvalue weighted by Gasteiger charge is 2.25. The molecule has 0 aromatic carbocycles.